The van der Waals surface area contributed by atoms with Crippen LogP contribution in [-0.2, 0) is 17.9 Å². The molecule has 2 aromatic carbocycles. The Morgan fingerprint density at radius 3 is 2.71 bits per heavy atom. The fourth-order valence-corrected chi connectivity index (χ4v) is 2.07. The third kappa shape index (κ3) is 5.98. The first kappa shape index (κ1) is 17.9. The quantitative estimate of drug-likeness (QED) is 0.485. The number of nitrogens with two attached hydrogens (primary N) is 1. The fraction of sp³-hybridized carbons (Fsp3) is 0.278. The van der Waals surface area contributed by atoms with E-state index in [4.69, 9.17) is 10.5 Å². The molecule has 0 spiro atoms. The van der Waals surface area contributed by atoms with Crippen molar-refractivity contribution < 1.29 is 13.9 Å². The molecule has 0 aromatic heterocycles. The summed E-state index contributed by atoms with van der Waals surface area (Å²) in [5.74, 6) is 0.0633. The van der Waals surface area contributed by atoms with Crippen LogP contribution in [0.25, 0.3) is 0 Å². The normalized spacial score (nSPS) is 11.9. The third-order valence-electron chi connectivity index (χ3n) is 3.48. The molecule has 0 fully saturated rings. The molecule has 2 rings (SSSR count). The van der Waals surface area contributed by atoms with Crippen molar-refractivity contribution in [2.24, 2.45) is 5.73 Å². The lowest BCUT2D eigenvalue weighted by molar-refractivity contribution is -0.119. The largest absolute Gasteiger partial charge is 0.489 e. The Labute approximate surface area is 141 Å². The van der Waals surface area contributed by atoms with Gasteiger partial charge in [-0.25, -0.2) is 4.39 Å². The second-order valence-corrected chi connectivity index (χ2v) is 5.50. The second-order valence-electron chi connectivity index (χ2n) is 5.50. The smallest absolute Gasteiger partial charge is 0.234 e. The first-order chi connectivity index (χ1) is 11.5. The molecular formula is C18H22FN3O2. The average Bonchev–Trinajstić information content (AvgIpc) is 2.57. The summed E-state index contributed by atoms with van der Waals surface area (Å²) >= 11 is 0. The van der Waals surface area contributed by atoms with Crippen molar-refractivity contribution in [2.45, 2.75) is 26.1 Å². The molecule has 1 unspecified atom stereocenters. The maximum Gasteiger partial charge on any atom is 0.234 e. The number of hydrogen-bond donors (Lipinski definition) is 3. The molecule has 2 aromatic rings. The highest BCUT2D eigenvalue weighted by molar-refractivity contribution is 5.79. The van der Waals surface area contributed by atoms with E-state index >= 15 is 0 Å². The Morgan fingerprint density at radius 1 is 1.21 bits per heavy atom. The van der Waals surface area contributed by atoms with Gasteiger partial charge in [-0.1, -0.05) is 24.3 Å². The number of nitrogens with one attached hydrogen (secondary N) is 2. The molecule has 0 heterocycles. The predicted molar refractivity (Wildman–Crippen MR) is 90.7 cm³/mol. The average molecular weight is 331 g/mol. The number of primary amides is 1. The summed E-state index contributed by atoms with van der Waals surface area (Å²) in [4.78, 5) is 10.9. The molecule has 6 heteroatoms. The minimum atomic E-state index is -0.385. The zero-order valence-corrected chi connectivity index (χ0v) is 13.6. The molecule has 24 heavy (non-hydrogen) atoms. The summed E-state index contributed by atoms with van der Waals surface area (Å²) in [6.07, 6.45) is 0. The highest BCUT2D eigenvalue weighted by Gasteiger charge is 2.06. The van der Waals surface area contributed by atoms with Gasteiger partial charge in [0.15, 0.2) is 0 Å². The van der Waals surface area contributed by atoms with Gasteiger partial charge in [0.2, 0.25) is 5.91 Å². The molecule has 128 valence electrons. The highest BCUT2D eigenvalue weighted by atomic mass is 19.1. The molecular weight excluding hydrogens is 309 g/mol. The third-order valence-corrected chi connectivity index (χ3v) is 3.48. The van der Waals surface area contributed by atoms with Crippen molar-refractivity contribution in [3.63, 3.8) is 0 Å². The van der Waals surface area contributed by atoms with E-state index in [2.05, 4.69) is 10.6 Å². The number of amides is 1. The van der Waals surface area contributed by atoms with Crippen LogP contribution in [0.5, 0.6) is 5.75 Å². The molecule has 0 saturated heterocycles. The number of halogens is 1. The van der Waals surface area contributed by atoms with Crippen LogP contribution in [0.15, 0.2) is 48.5 Å². The minimum absolute atomic E-state index is 0.272. The van der Waals surface area contributed by atoms with E-state index in [9.17, 15) is 9.18 Å². The van der Waals surface area contributed by atoms with E-state index in [-0.39, 0.29) is 17.8 Å². The Hall–Kier alpha value is -2.44. The van der Waals surface area contributed by atoms with Gasteiger partial charge in [0.05, 0.1) is 6.04 Å². The van der Waals surface area contributed by atoms with Crippen molar-refractivity contribution in [3.8, 4) is 5.75 Å². The zero-order valence-electron chi connectivity index (χ0n) is 13.6. The Morgan fingerprint density at radius 2 is 1.96 bits per heavy atom. The first-order valence-corrected chi connectivity index (χ1v) is 7.74. The number of ether oxygens (including phenoxy) is 1. The maximum atomic E-state index is 13.1. The molecule has 1 amide bonds. The summed E-state index contributed by atoms with van der Waals surface area (Å²) in [6, 6.07) is 13.6. The van der Waals surface area contributed by atoms with Gasteiger partial charge in [0.1, 0.15) is 18.2 Å². The van der Waals surface area contributed by atoms with Gasteiger partial charge < -0.3 is 15.8 Å². The van der Waals surface area contributed by atoms with Crippen molar-refractivity contribution in [1.29, 1.82) is 0 Å². The van der Waals surface area contributed by atoms with E-state index in [1.54, 1.807) is 13.0 Å². The minimum Gasteiger partial charge on any atom is -0.489 e. The van der Waals surface area contributed by atoms with Crippen molar-refractivity contribution in [3.05, 3.63) is 65.5 Å². The summed E-state index contributed by atoms with van der Waals surface area (Å²) in [7, 11) is 0. The maximum absolute atomic E-state index is 13.1. The Kier molecular flexibility index (Phi) is 6.72. The van der Waals surface area contributed by atoms with E-state index in [0.29, 0.717) is 19.8 Å². The number of carbonyl (C=O) groups is 1. The van der Waals surface area contributed by atoms with Crippen molar-refractivity contribution in [1.82, 2.24) is 10.6 Å². The first-order valence-electron chi connectivity index (χ1n) is 7.74. The lowest BCUT2D eigenvalue weighted by atomic mass is 10.2. The van der Waals surface area contributed by atoms with E-state index in [1.807, 2.05) is 30.3 Å². The molecule has 0 aliphatic heterocycles. The lowest BCUT2D eigenvalue weighted by Crippen LogP contribution is -2.43. The van der Waals surface area contributed by atoms with E-state index in [0.717, 1.165) is 16.9 Å². The number of rotatable bonds is 9. The molecule has 4 N–H and O–H groups in total. The number of hydrogen-bond acceptors (Lipinski definition) is 4. The van der Waals surface area contributed by atoms with Crippen molar-refractivity contribution >= 4 is 5.91 Å². The summed E-state index contributed by atoms with van der Waals surface area (Å²) in [5, 5.41) is 6.14. The summed E-state index contributed by atoms with van der Waals surface area (Å²) < 4.78 is 18.8. The van der Waals surface area contributed by atoms with Gasteiger partial charge in [-0.2, -0.15) is 0 Å². The van der Waals surface area contributed by atoms with Crippen molar-refractivity contribution in [2.75, 3.05) is 6.67 Å². The second kappa shape index (κ2) is 9.00. The van der Waals surface area contributed by atoms with Crippen LogP contribution in [0.1, 0.15) is 18.1 Å². The SMILES string of the molecule is CC(NCNCc1cccc(OCc2cccc(F)c2)c1)C(N)=O. The van der Waals surface area contributed by atoms with E-state index in [1.165, 1.54) is 12.1 Å². The monoisotopic (exact) mass is 331 g/mol. The predicted octanol–water partition coefficient (Wildman–Crippen LogP) is 1.92. The van der Waals surface area contributed by atoms with Crippen LogP contribution in [0, 0.1) is 5.82 Å². The van der Waals surface area contributed by atoms with Crippen LogP contribution in [0.3, 0.4) is 0 Å². The Bertz CT molecular complexity index is 679. The number of benzene rings is 2. The highest BCUT2D eigenvalue weighted by Crippen LogP contribution is 2.15. The van der Waals surface area contributed by atoms with Crippen LogP contribution in [-0.4, -0.2) is 18.6 Å². The molecule has 0 aliphatic carbocycles. The summed E-state index contributed by atoms with van der Waals surface area (Å²) in [6.45, 7) is 3.12. The van der Waals surface area contributed by atoms with Crippen LogP contribution in [0.2, 0.25) is 0 Å². The molecule has 0 aliphatic rings. The summed E-state index contributed by atoms with van der Waals surface area (Å²) in [5.41, 5.74) is 6.99. The van der Waals surface area contributed by atoms with Crippen LogP contribution >= 0.6 is 0 Å². The van der Waals surface area contributed by atoms with Gasteiger partial charge in [0, 0.05) is 13.2 Å². The van der Waals surface area contributed by atoms with Gasteiger partial charge in [0.25, 0.3) is 0 Å². The van der Waals surface area contributed by atoms with Gasteiger partial charge >= 0.3 is 0 Å². The van der Waals surface area contributed by atoms with Crippen LogP contribution < -0.4 is 21.1 Å². The Balaban J connectivity index is 1.79. The molecule has 0 bridgehead atoms. The topological polar surface area (TPSA) is 76.4 Å². The zero-order chi connectivity index (χ0) is 17.4. The lowest BCUT2D eigenvalue weighted by Gasteiger charge is -2.12. The van der Waals surface area contributed by atoms with Crippen LogP contribution in [0.4, 0.5) is 4.39 Å². The van der Waals surface area contributed by atoms with E-state index < -0.39 is 0 Å². The molecule has 0 saturated carbocycles. The fourth-order valence-electron chi connectivity index (χ4n) is 2.07. The molecule has 0 radical (unpaired) electrons. The molecule has 1 atom stereocenters. The number of carbonyl (C=O) groups excluding carboxylic acids is 1. The van der Waals surface area contributed by atoms with Gasteiger partial charge in [-0.15, -0.1) is 0 Å². The molecule has 5 nitrogen and oxygen atoms in total. The standard InChI is InChI=1S/C18H22FN3O2/c1-13(18(20)23)22-12-21-10-14-4-3-7-17(9-14)24-11-15-5-2-6-16(19)8-15/h2-9,13,21-22H,10-12H2,1H3,(H2,20,23). The van der Waals surface area contributed by atoms with Gasteiger partial charge in [-0.05, 0) is 42.3 Å². The van der Waals surface area contributed by atoms with Gasteiger partial charge in [-0.3, -0.25) is 10.1 Å².